The molecule has 0 fully saturated rings. The Morgan fingerprint density at radius 1 is 0.955 bits per heavy atom. The van der Waals surface area contributed by atoms with Crippen LogP contribution in [0.3, 0.4) is 0 Å². The molecule has 0 aromatic heterocycles. The van der Waals surface area contributed by atoms with Crippen molar-refractivity contribution in [3.63, 3.8) is 0 Å². The minimum atomic E-state index is -6.27. The summed E-state index contributed by atoms with van der Waals surface area (Å²) in [6, 6.07) is 7.19. The maximum Gasteiger partial charge on any atom is 0.437 e. The van der Waals surface area contributed by atoms with Crippen LogP contribution in [0.25, 0.3) is 0 Å². The van der Waals surface area contributed by atoms with E-state index in [-0.39, 0.29) is 5.56 Å². The van der Waals surface area contributed by atoms with Crippen LogP contribution in [0.15, 0.2) is 30.3 Å². The predicted molar refractivity (Wildman–Crippen MR) is 62.6 cm³/mol. The molecule has 0 bridgehead atoms. The highest BCUT2D eigenvalue weighted by atomic mass is 19.4. The van der Waals surface area contributed by atoms with Crippen LogP contribution in [0.4, 0.5) is 26.3 Å². The first-order chi connectivity index (χ1) is 9.73. The van der Waals surface area contributed by atoms with Gasteiger partial charge in [0.25, 0.3) is 0 Å². The summed E-state index contributed by atoms with van der Waals surface area (Å²) in [7, 11) is 0. The highest BCUT2D eigenvalue weighted by molar-refractivity contribution is 5.82. The lowest BCUT2D eigenvalue weighted by atomic mass is 9.97. The SMILES string of the molecule is CC(C)(OC(=O)C(O)(C(F)(F)F)C(F)(F)F)c1ccccc1. The van der Waals surface area contributed by atoms with E-state index in [1.807, 2.05) is 0 Å². The van der Waals surface area contributed by atoms with Crippen molar-refractivity contribution < 1.29 is 41.0 Å². The summed E-state index contributed by atoms with van der Waals surface area (Å²) in [5, 5.41) is 8.94. The van der Waals surface area contributed by atoms with Crippen molar-refractivity contribution >= 4 is 5.97 Å². The lowest BCUT2D eigenvalue weighted by molar-refractivity contribution is -0.359. The Morgan fingerprint density at radius 2 is 1.36 bits per heavy atom. The number of ether oxygens (including phenoxy) is 1. The molecule has 0 radical (unpaired) electrons. The fraction of sp³-hybridized carbons (Fsp3) is 0.462. The molecule has 0 spiro atoms. The van der Waals surface area contributed by atoms with Crippen LogP contribution >= 0.6 is 0 Å². The minimum Gasteiger partial charge on any atom is -0.452 e. The summed E-state index contributed by atoms with van der Waals surface area (Å²) < 4.78 is 79.7. The van der Waals surface area contributed by atoms with E-state index >= 15 is 0 Å². The Hall–Kier alpha value is -1.77. The number of carbonyl (C=O) groups excluding carboxylic acids is 1. The largest absolute Gasteiger partial charge is 0.452 e. The Kier molecular flexibility index (Phi) is 4.53. The lowest BCUT2D eigenvalue weighted by Crippen LogP contribution is -2.63. The van der Waals surface area contributed by atoms with Crippen molar-refractivity contribution in [3.8, 4) is 0 Å². The second kappa shape index (κ2) is 5.45. The first kappa shape index (κ1) is 18.3. The molecule has 0 saturated carbocycles. The summed E-state index contributed by atoms with van der Waals surface area (Å²) >= 11 is 0. The number of carbonyl (C=O) groups is 1. The highest BCUT2D eigenvalue weighted by Gasteiger charge is 2.77. The van der Waals surface area contributed by atoms with Crippen molar-refractivity contribution in [1.82, 2.24) is 0 Å². The first-order valence-electron chi connectivity index (χ1n) is 5.88. The number of hydrogen-bond donors (Lipinski definition) is 1. The molecule has 0 unspecified atom stereocenters. The predicted octanol–water partition coefficient (Wildman–Crippen LogP) is 3.32. The zero-order chi connectivity index (χ0) is 17.4. The van der Waals surface area contributed by atoms with Gasteiger partial charge in [-0.3, -0.25) is 0 Å². The second-order valence-electron chi connectivity index (χ2n) is 4.97. The molecule has 0 atom stereocenters. The normalized spacial score (nSPS) is 13.9. The molecule has 1 aromatic carbocycles. The van der Waals surface area contributed by atoms with Gasteiger partial charge in [0, 0.05) is 0 Å². The van der Waals surface area contributed by atoms with Crippen molar-refractivity contribution in [1.29, 1.82) is 0 Å². The van der Waals surface area contributed by atoms with Crippen LogP contribution in [-0.2, 0) is 15.1 Å². The van der Waals surface area contributed by atoms with Crippen molar-refractivity contribution in [2.75, 3.05) is 0 Å². The number of benzene rings is 1. The van der Waals surface area contributed by atoms with Gasteiger partial charge in [-0.1, -0.05) is 30.3 Å². The second-order valence-corrected chi connectivity index (χ2v) is 4.97. The number of rotatable bonds is 3. The van der Waals surface area contributed by atoms with E-state index in [1.54, 1.807) is 6.07 Å². The number of hydrogen-bond acceptors (Lipinski definition) is 3. The average Bonchev–Trinajstić information content (AvgIpc) is 2.35. The van der Waals surface area contributed by atoms with Gasteiger partial charge in [-0.2, -0.15) is 26.3 Å². The number of alkyl halides is 6. The van der Waals surface area contributed by atoms with E-state index in [4.69, 9.17) is 5.11 Å². The number of esters is 1. The molecule has 0 heterocycles. The van der Waals surface area contributed by atoms with Gasteiger partial charge < -0.3 is 9.84 Å². The van der Waals surface area contributed by atoms with Crippen molar-refractivity contribution in [3.05, 3.63) is 35.9 Å². The first-order valence-corrected chi connectivity index (χ1v) is 5.88. The minimum absolute atomic E-state index is 0.162. The molecule has 0 saturated heterocycles. The van der Waals surface area contributed by atoms with E-state index < -0.39 is 29.5 Å². The summed E-state index contributed by atoms with van der Waals surface area (Å²) in [6.07, 6.45) is -12.5. The molecule has 1 rings (SSSR count). The number of halogens is 6. The third-order valence-electron chi connectivity index (χ3n) is 2.93. The maximum atomic E-state index is 12.6. The van der Waals surface area contributed by atoms with Crippen molar-refractivity contribution in [2.24, 2.45) is 0 Å². The van der Waals surface area contributed by atoms with E-state index in [2.05, 4.69) is 4.74 Å². The molecule has 22 heavy (non-hydrogen) atoms. The molecule has 1 aromatic rings. The quantitative estimate of drug-likeness (QED) is 0.683. The number of aliphatic hydroxyl groups is 1. The summed E-state index contributed by atoms with van der Waals surface area (Å²) in [4.78, 5) is 11.4. The summed E-state index contributed by atoms with van der Waals surface area (Å²) in [5.74, 6) is -2.83. The molecular formula is C13H12F6O3. The fourth-order valence-corrected chi connectivity index (χ4v) is 1.60. The van der Waals surface area contributed by atoms with Crippen LogP contribution in [0.5, 0.6) is 0 Å². The standard InChI is InChI=1S/C13H12F6O3/c1-10(2,8-6-4-3-5-7-8)22-9(20)11(21,12(14,15)16)13(17,18)19/h3-7,21H,1-2H3. The van der Waals surface area contributed by atoms with Crippen LogP contribution in [0.2, 0.25) is 0 Å². The molecule has 3 nitrogen and oxygen atoms in total. The molecule has 0 aliphatic heterocycles. The molecular weight excluding hydrogens is 318 g/mol. The molecule has 0 aliphatic rings. The Labute approximate surface area is 121 Å². The van der Waals surface area contributed by atoms with Crippen LogP contribution in [-0.4, -0.2) is 29.0 Å². The van der Waals surface area contributed by atoms with Crippen LogP contribution in [0.1, 0.15) is 19.4 Å². The van der Waals surface area contributed by atoms with Crippen LogP contribution in [0, 0.1) is 0 Å². The molecule has 1 N–H and O–H groups in total. The highest BCUT2D eigenvalue weighted by Crippen LogP contribution is 2.45. The topological polar surface area (TPSA) is 46.5 Å². The smallest absolute Gasteiger partial charge is 0.437 e. The Balaban J connectivity index is 3.19. The molecule has 0 aliphatic carbocycles. The summed E-state index contributed by atoms with van der Waals surface area (Å²) in [5.41, 5.74) is -7.23. The zero-order valence-corrected chi connectivity index (χ0v) is 11.4. The Bertz CT molecular complexity index is 519. The fourth-order valence-electron chi connectivity index (χ4n) is 1.60. The van der Waals surface area contributed by atoms with Gasteiger partial charge in [0.05, 0.1) is 0 Å². The van der Waals surface area contributed by atoms with Gasteiger partial charge in [-0.05, 0) is 19.4 Å². The molecule has 0 amide bonds. The van der Waals surface area contributed by atoms with E-state index in [0.29, 0.717) is 0 Å². The van der Waals surface area contributed by atoms with Gasteiger partial charge in [0.1, 0.15) is 5.60 Å². The van der Waals surface area contributed by atoms with Gasteiger partial charge >= 0.3 is 23.9 Å². The third kappa shape index (κ3) is 3.18. The van der Waals surface area contributed by atoms with Gasteiger partial charge in [-0.15, -0.1) is 0 Å². The summed E-state index contributed by atoms with van der Waals surface area (Å²) in [6.45, 7) is 2.21. The lowest BCUT2D eigenvalue weighted by Gasteiger charge is -2.34. The third-order valence-corrected chi connectivity index (χ3v) is 2.93. The van der Waals surface area contributed by atoms with Crippen molar-refractivity contribution in [2.45, 2.75) is 37.4 Å². The van der Waals surface area contributed by atoms with E-state index in [0.717, 1.165) is 13.8 Å². The van der Waals surface area contributed by atoms with Gasteiger partial charge in [-0.25, -0.2) is 4.79 Å². The van der Waals surface area contributed by atoms with Gasteiger partial charge in [0.15, 0.2) is 0 Å². The zero-order valence-electron chi connectivity index (χ0n) is 11.4. The molecule has 124 valence electrons. The monoisotopic (exact) mass is 330 g/mol. The van der Waals surface area contributed by atoms with Crippen LogP contribution < -0.4 is 0 Å². The van der Waals surface area contributed by atoms with Gasteiger partial charge in [0.2, 0.25) is 0 Å². The van der Waals surface area contributed by atoms with E-state index in [9.17, 15) is 31.1 Å². The molecule has 9 heteroatoms. The maximum absolute atomic E-state index is 12.6. The average molecular weight is 330 g/mol. The van der Waals surface area contributed by atoms with E-state index in [1.165, 1.54) is 24.3 Å². The Morgan fingerprint density at radius 3 is 1.73 bits per heavy atom.